The van der Waals surface area contributed by atoms with Crippen molar-refractivity contribution in [2.45, 2.75) is 20.3 Å². The lowest BCUT2D eigenvalue weighted by Gasteiger charge is -2.13. The lowest BCUT2D eigenvalue weighted by molar-refractivity contribution is 0.0651. The molecule has 0 saturated carbocycles. The highest BCUT2D eigenvalue weighted by Gasteiger charge is 2.18. The maximum atomic E-state index is 13.3. The van der Waals surface area contributed by atoms with Crippen LogP contribution in [-0.2, 0) is 0 Å². The first-order valence-corrected chi connectivity index (χ1v) is 7.42. The summed E-state index contributed by atoms with van der Waals surface area (Å²) < 4.78 is 13.3. The zero-order valence-electron chi connectivity index (χ0n) is 13.3. The number of carboxylic acids is 2. The van der Waals surface area contributed by atoms with E-state index in [4.69, 9.17) is 5.11 Å². The van der Waals surface area contributed by atoms with Gasteiger partial charge in [-0.2, -0.15) is 0 Å². The normalized spacial score (nSPS) is 11.4. The van der Waals surface area contributed by atoms with Gasteiger partial charge in [0.2, 0.25) is 0 Å². The number of allylic oxidation sites excluding steroid dienone is 1. The molecular formula is C19H17FO4. The van der Waals surface area contributed by atoms with Crippen LogP contribution in [-0.4, -0.2) is 22.2 Å². The Balaban J connectivity index is 2.65. The average Bonchev–Trinajstić information content (AvgIpc) is 2.52. The molecule has 0 spiro atoms. The van der Waals surface area contributed by atoms with Gasteiger partial charge in [-0.1, -0.05) is 25.1 Å². The summed E-state index contributed by atoms with van der Waals surface area (Å²) in [6.07, 6.45) is 2.59. The molecule has 24 heavy (non-hydrogen) atoms. The Morgan fingerprint density at radius 2 is 1.62 bits per heavy atom. The van der Waals surface area contributed by atoms with Gasteiger partial charge in [0, 0.05) is 0 Å². The fraction of sp³-hybridized carbons (Fsp3) is 0.158. The van der Waals surface area contributed by atoms with Crippen molar-refractivity contribution >= 4 is 17.5 Å². The van der Waals surface area contributed by atoms with Gasteiger partial charge in [0.05, 0.1) is 11.1 Å². The van der Waals surface area contributed by atoms with Gasteiger partial charge in [0.1, 0.15) is 5.82 Å². The Bertz CT molecular complexity index is 837. The smallest absolute Gasteiger partial charge is 0.336 e. The molecule has 2 N–H and O–H groups in total. The number of halogens is 1. The number of aryl methyl sites for hydroxylation is 1. The number of hydrogen-bond donors (Lipinski definition) is 2. The Morgan fingerprint density at radius 3 is 2.17 bits per heavy atom. The summed E-state index contributed by atoms with van der Waals surface area (Å²) >= 11 is 0. The third-order valence-corrected chi connectivity index (χ3v) is 3.68. The van der Waals surface area contributed by atoms with Crippen molar-refractivity contribution in [2.24, 2.45) is 0 Å². The summed E-state index contributed by atoms with van der Waals surface area (Å²) in [4.78, 5) is 22.5. The van der Waals surface area contributed by atoms with E-state index >= 15 is 0 Å². The van der Waals surface area contributed by atoms with Crippen LogP contribution >= 0.6 is 0 Å². The van der Waals surface area contributed by atoms with Crippen LogP contribution in [0.4, 0.5) is 4.39 Å². The van der Waals surface area contributed by atoms with Crippen LogP contribution in [0.1, 0.15) is 50.8 Å². The second-order valence-corrected chi connectivity index (χ2v) is 5.36. The van der Waals surface area contributed by atoms with E-state index in [2.05, 4.69) is 0 Å². The molecule has 2 rings (SSSR count). The van der Waals surface area contributed by atoms with Gasteiger partial charge in [-0.05, 0) is 59.9 Å². The van der Waals surface area contributed by atoms with Crippen LogP contribution in [0.25, 0.3) is 5.57 Å². The van der Waals surface area contributed by atoms with Gasteiger partial charge >= 0.3 is 11.9 Å². The van der Waals surface area contributed by atoms with Gasteiger partial charge < -0.3 is 10.2 Å². The summed E-state index contributed by atoms with van der Waals surface area (Å²) in [5.41, 5.74) is 2.27. The van der Waals surface area contributed by atoms with Gasteiger partial charge in [0.25, 0.3) is 0 Å². The van der Waals surface area contributed by atoms with Crippen molar-refractivity contribution in [1.82, 2.24) is 0 Å². The third kappa shape index (κ3) is 3.51. The number of hydrogen-bond acceptors (Lipinski definition) is 2. The highest BCUT2D eigenvalue weighted by Crippen LogP contribution is 2.29. The zero-order valence-corrected chi connectivity index (χ0v) is 13.3. The van der Waals surface area contributed by atoms with Crippen molar-refractivity contribution in [1.29, 1.82) is 0 Å². The summed E-state index contributed by atoms with van der Waals surface area (Å²) in [7, 11) is 0. The first-order chi connectivity index (χ1) is 11.3. The second kappa shape index (κ2) is 7.08. The molecule has 0 radical (unpaired) electrons. The number of aromatic carboxylic acids is 2. The molecule has 0 atom stereocenters. The van der Waals surface area contributed by atoms with E-state index in [9.17, 15) is 19.1 Å². The van der Waals surface area contributed by atoms with Gasteiger partial charge in [0.15, 0.2) is 0 Å². The summed E-state index contributed by atoms with van der Waals surface area (Å²) in [5, 5.41) is 18.4. The van der Waals surface area contributed by atoms with Gasteiger partial charge in [-0.25, -0.2) is 14.0 Å². The summed E-state index contributed by atoms with van der Waals surface area (Å²) in [6.45, 7) is 3.70. The minimum absolute atomic E-state index is 0.266. The van der Waals surface area contributed by atoms with Crippen molar-refractivity contribution in [3.8, 4) is 0 Å². The van der Waals surface area contributed by atoms with Crippen molar-refractivity contribution < 1.29 is 24.2 Å². The second-order valence-electron chi connectivity index (χ2n) is 5.36. The molecule has 2 aromatic rings. The molecule has 2 aromatic carbocycles. The topological polar surface area (TPSA) is 74.6 Å². The molecule has 0 bridgehead atoms. The molecule has 0 heterocycles. The minimum atomic E-state index is -1.30. The fourth-order valence-corrected chi connectivity index (χ4v) is 2.59. The van der Waals surface area contributed by atoms with Crippen molar-refractivity contribution in [3.63, 3.8) is 0 Å². The molecule has 5 heteroatoms. The lowest BCUT2D eigenvalue weighted by atomic mass is 9.91. The van der Waals surface area contributed by atoms with Crippen LogP contribution < -0.4 is 0 Å². The molecule has 124 valence electrons. The van der Waals surface area contributed by atoms with Crippen molar-refractivity contribution in [3.05, 3.63) is 76.1 Å². The molecule has 0 amide bonds. The highest BCUT2D eigenvalue weighted by molar-refractivity contribution is 6.02. The third-order valence-electron chi connectivity index (χ3n) is 3.68. The van der Waals surface area contributed by atoms with E-state index in [-0.39, 0.29) is 16.9 Å². The molecule has 4 nitrogen and oxygen atoms in total. The van der Waals surface area contributed by atoms with Gasteiger partial charge in [-0.15, -0.1) is 0 Å². The van der Waals surface area contributed by atoms with E-state index in [1.165, 1.54) is 24.3 Å². The number of benzene rings is 2. The van der Waals surface area contributed by atoms with E-state index < -0.39 is 11.9 Å². The van der Waals surface area contributed by atoms with E-state index in [1.807, 2.05) is 13.0 Å². The molecule has 0 aromatic heterocycles. The fourth-order valence-electron chi connectivity index (χ4n) is 2.59. The highest BCUT2D eigenvalue weighted by atomic mass is 19.1. The van der Waals surface area contributed by atoms with Crippen LogP contribution in [0.3, 0.4) is 0 Å². The molecule has 0 aliphatic heterocycles. The summed E-state index contributed by atoms with van der Waals surface area (Å²) in [5.74, 6) is -2.95. The first kappa shape index (κ1) is 17.4. The van der Waals surface area contributed by atoms with E-state index in [1.54, 1.807) is 19.1 Å². The largest absolute Gasteiger partial charge is 0.478 e. The number of carbonyl (C=O) groups is 2. The van der Waals surface area contributed by atoms with Crippen LogP contribution in [0.15, 0.2) is 42.5 Å². The van der Waals surface area contributed by atoms with E-state index in [0.717, 1.165) is 11.1 Å². The molecule has 0 aliphatic carbocycles. The number of carboxylic acid groups (broad SMARTS) is 2. The monoisotopic (exact) mass is 328 g/mol. The van der Waals surface area contributed by atoms with Crippen LogP contribution in [0, 0.1) is 12.7 Å². The number of rotatable bonds is 5. The quantitative estimate of drug-likeness (QED) is 0.854. The zero-order chi connectivity index (χ0) is 17.9. The SMILES string of the molecule is CC/C=C(/c1ccc(C(=O)O)c(C(=O)O)c1)c1ccc(F)cc1C. The Kier molecular flexibility index (Phi) is 5.14. The molecule has 0 unspecified atom stereocenters. The molecule has 0 saturated heterocycles. The Morgan fingerprint density at radius 1 is 1.00 bits per heavy atom. The predicted molar refractivity (Wildman–Crippen MR) is 88.9 cm³/mol. The lowest BCUT2D eigenvalue weighted by Crippen LogP contribution is -2.08. The van der Waals surface area contributed by atoms with Gasteiger partial charge in [-0.3, -0.25) is 0 Å². The maximum Gasteiger partial charge on any atom is 0.336 e. The summed E-state index contributed by atoms with van der Waals surface area (Å²) in [6, 6.07) is 8.58. The molecule has 0 fully saturated rings. The standard InChI is InChI=1S/C19H17FO4/c1-3-4-15(14-8-6-13(20)9-11(14)2)12-5-7-16(18(21)22)17(10-12)19(23)24/h4-10H,3H2,1-2H3,(H,21,22)(H,23,24)/b15-4-. The first-order valence-electron chi connectivity index (χ1n) is 7.42. The Hall–Kier alpha value is -2.95. The Labute approximate surface area is 138 Å². The van der Waals surface area contributed by atoms with Crippen molar-refractivity contribution in [2.75, 3.05) is 0 Å². The predicted octanol–water partition coefficient (Wildman–Crippen LogP) is 4.37. The minimum Gasteiger partial charge on any atom is -0.478 e. The average molecular weight is 328 g/mol. The van der Waals surface area contributed by atoms with E-state index in [0.29, 0.717) is 17.5 Å². The van der Waals surface area contributed by atoms with Crippen LogP contribution in [0.2, 0.25) is 0 Å². The maximum absolute atomic E-state index is 13.3. The molecular weight excluding hydrogens is 311 g/mol. The molecule has 0 aliphatic rings. The van der Waals surface area contributed by atoms with Crippen LogP contribution in [0.5, 0.6) is 0 Å².